The Kier molecular flexibility index (Phi) is 8.50. The van der Waals surface area contributed by atoms with E-state index in [1.807, 2.05) is 0 Å². The molecule has 0 amide bonds. The number of anilines is 1. The maximum absolute atomic E-state index is 5.76. The van der Waals surface area contributed by atoms with Gasteiger partial charge in [-0.25, -0.2) is 4.98 Å². The highest BCUT2D eigenvalue weighted by Gasteiger charge is 2.22. The minimum atomic E-state index is 0.218. The van der Waals surface area contributed by atoms with Gasteiger partial charge >= 0.3 is 0 Å². The standard InChI is InChI=1S/C33H42N2/c1-6-27(7-2)21-30-23-32(34-33(25(30)4)35-19-13-8-9-14-20-35)26(5)31-22-29(18-17-24(31)3)28-15-11-10-12-16-28/h1,7,17-18,21-23,26,28H,2,8-16,19-20H2,3-5H3/b27-21-. The fraction of sp³-hybridized carbons (Fsp3) is 0.485. The predicted molar refractivity (Wildman–Crippen MR) is 151 cm³/mol. The van der Waals surface area contributed by atoms with Crippen molar-refractivity contribution in [3.8, 4) is 12.3 Å². The van der Waals surface area contributed by atoms with E-state index >= 15 is 0 Å². The summed E-state index contributed by atoms with van der Waals surface area (Å²) < 4.78 is 0. The van der Waals surface area contributed by atoms with Gasteiger partial charge in [0.1, 0.15) is 5.82 Å². The summed E-state index contributed by atoms with van der Waals surface area (Å²) in [5.41, 5.74) is 8.59. The lowest BCUT2D eigenvalue weighted by atomic mass is 9.81. The molecule has 1 atom stereocenters. The summed E-state index contributed by atoms with van der Waals surface area (Å²) in [6.07, 6.45) is 21.5. The first-order valence-electron chi connectivity index (χ1n) is 13.7. The second-order valence-corrected chi connectivity index (χ2v) is 10.6. The molecule has 1 saturated carbocycles. The summed E-state index contributed by atoms with van der Waals surface area (Å²) in [4.78, 5) is 7.84. The highest BCUT2D eigenvalue weighted by molar-refractivity contribution is 5.68. The summed E-state index contributed by atoms with van der Waals surface area (Å²) >= 11 is 0. The van der Waals surface area contributed by atoms with E-state index in [9.17, 15) is 0 Å². The normalized spacial score (nSPS) is 18.6. The van der Waals surface area contributed by atoms with Crippen LogP contribution in [0.15, 0.2) is 42.5 Å². The van der Waals surface area contributed by atoms with Gasteiger partial charge in [0.05, 0.1) is 5.69 Å². The lowest BCUT2D eigenvalue weighted by molar-refractivity contribution is 0.443. The Morgan fingerprint density at radius 3 is 2.40 bits per heavy atom. The predicted octanol–water partition coefficient (Wildman–Crippen LogP) is 8.48. The summed E-state index contributed by atoms with van der Waals surface area (Å²) in [5.74, 6) is 4.83. The minimum Gasteiger partial charge on any atom is -0.356 e. The molecule has 0 spiro atoms. The smallest absolute Gasteiger partial charge is 0.132 e. The van der Waals surface area contributed by atoms with Gasteiger partial charge in [-0.2, -0.15) is 0 Å². The van der Waals surface area contributed by atoms with Crippen molar-refractivity contribution < 1.29 is 0 Å². The van der Waals surface area contributed by atoms with Crippen LogP contribution in [0.2, 0.25) is 0 Å². The summed E-state index contributed by atoms with van der Waals surface area (Å²) in [5, 5.41) is 0. The van der Waals surface area contributed by atoms with Crippen molar-refractivity contribution in [1.29, 1.82) is 0 Å². The molecule has 0 N–H and O–H groups in total. The molecule has 2 aliphatic rings. The first-order chi connectivity index (χ1) is 17.0. The van der Waals surface area contributed by atoms with Gasteiger partial charge < -0.3 is 4.90 Å². The van der Waals surface area contributed by atoms with E-state index in [4.69, 9.17) is 11.4 Å². The van der Waals surface area contributed by atoms with Gasteiger partial charge in [-0.3, -0.25) is 0 Å². The van der Waals surface area contributed by atoms with Crippen molar-refractivity contribution in [2.24, 2.45) is 0 Å². The molecular weight excluding hydrogens is 424 g/mol. The van der Waals surface area contributed by atoms with E-state index in [0.29, 0.717) is 5.92 Å². The fourth-order valence-corrected chi connectivity index (χ4v) is 5.90. The third-order valence-electron chi connectivity index (χ3n) is 8.20. The van der Waals surface area contributed by atoms with Crippen LogP contribution in [0.5, 0.6) is 0 Å². The molecule has 2 heterocycles. The van der Waals surface area contributed by atoms with Crippen molar-refractivity contribution in [3.63, 3.8) is 0 Å². The number of allylic oxidation sites excluding steroid dienone is 2. The number of rotatable bonds is 6. The molecule has 1 aliphatic heterocycles. The summed E-state index contributed by atoms with van der Waals surface area (Å²) in [6.45, 7) is 12.8. The lowest BCUT2D eigenvalue weighted by Crippen LogP contribution is -2.26. The van der Waals surface area contributed by atoms with Gasteiger partial charge in [0, 0.05) is 24.6 Å². The second kappa shape index (κ2) is 11.8. The second-order valence-electron chi connectivity index (χ2n) is 10.6. The van der Waals surface area contributed by atoms with E-state index in [1.165, 1.54) is 80.0 Å². The third-order valence-corrected chi connectivity index (χ3v) is 8.20. The van der Waals surface area contributed by atoms with Crippen molar-refractivity contribution in [2.75, 3.05) is 18.0 Å². The number of pyridine rings is 1. The van der Waals surface area contributed by atoms with Gasteiger partial charge in [0.2, 0.25) is 0 Å². The van der Waals surface area contributed by atoms with Crippen LogP contribution in [-0.4, -0.2) is 18.1 Å². The quantitative estimate of drug-likeness (QED) is 0.313. The highest BCUT2D eigenvalue weighted by atomic mass is 15.2. The molecular formula is C33H42N2. The third kappa shape index (κ3) is 5.90. The highest BCUT2D eigenvalue weighted by Crippen LogP contribution is 2.37. The number of nitrogens with zero attached hydrogens (tertiary/aromatic N) is 2. The Bertz CT molecular complexity index is 1100. The molecule has 1 aliphatic carbocycles. The van der Waals surface area contributed by atoms with Crippen LogP contribution in [0, 0.1) is 26.2 Å². The van der Waals surface area contributed by atoms with Gasteiger partial charge in [0.25, 0.3) is 0 Å². The molecule has 0 radical (unpaired) electrons. The Labute approximate surface area is 213 Å². The van der Waals surface area contributed by atoms with E-state index in [0.717, 1.165) is 35.7 Å². The summed E-state index contributed by atoms with van der Waals surface area (Å²) in [6, 6.07) is 9.43. The Morgan fingerprint density at radius 2 is 1.74 bits per heavy atom. The lowest BCUT2D eigenvalue weighted by Gasteiger charge is -2.27. The largest absolute Gasteiger partial charge is 0.356 e. The Morgan fingerprint density at radius 1 is 1.06 bits per heavy atom. The molecule has 2 nitrogen and oxygen atoms in total. The molecule has 4 rings (SSSR count). The van der Waals surface area contributed by atoms with Crippen LogP contribution in [0.25, 0.3) is 6.08 Å². The number of benzene rings is 1. The summed E-state index contributed by atoms with van der Waals surface area (Å²) in [7, 11) is 0. The van der Waals surface area contributed by atoms with Crippen LogP contribution in [0.3, 0.4) is 0 Å². The zero-order valence-electron chi connectivity index (χ0n) is 22.1. The van der Waals surface area contributed by atoms with Crippen LogP contribution in [0.4, 0.5) is 5.82 Å². The molecule has 2 aromatic rings. The van der Waals surface area contributed by atoms with E-state index < -0.39 is 0 Å². The molecule has 2 fully saturated rings. The number of hydrogen-bond acceptors (Lipinski definition) is 2. The van der Waals surface area contributed by atoms with Crippen molar-refractivity contribution >= 4 is 11.9 Å². The SMILES string of the molecule is C#C/C(C=C)=C/c1cc(C(C)c2cc(C3CCCCC3)ccc2C)nc(N2CCCCCC2)c1C. The van der Waals surface area contributed by atoms with Crippen LogP contribution in [0.1, 0.15) is 110 Å². The zero-order chi connectivity index (χ0) is 24.8. The molecule has 2 heteroatoms. The van der Waals surface area contributed by atoms with E-state index in [2.05, 4.69) is 68.5 Å². The van der Waals surface area contributed by atoms with Gasteiger partial charge in [-0.05, 0) is 85.4 Å². The van der Waals surface area contributed by atoms with Crippen molar-refractivity contribution in [1.82, 2.24) is 4.98 Å². The molecule has 1 unspecified atom stereocenters. The average molecular weight is 467 g/mol. The fourth-order valence-electron chi connectivity index (χ4n) is 5.90. The molecule has 0 bridgehead atoms. The van der Waals surface area contributed by atoms with E-state index in [1.54, 1.807) is 6.08 Å². The van der Waals surface area contributed by atoms with Gasteiger partial charge in [0.15, 0.2) is 0 Å². The first-order valence-corrected chi connectivity index (χ1v) is 13.7. The molecule has 1 aromatic heterocycles. The number of aromatic nitrogens is 1. The van der Waals surface area contributed by atoms with Crippen molar-refractivity contribution in [3.05, 3.63) is 76.0 Å². The Hall–Kier alpha value is -2.79. The number of hydrogen-bond donors (Lipinski definition) is 0. The van der Waals surface area contributed by atoms with Crippen LogP contribution >= 0.6 is 0 Å². The van der Waals surface area contributed by atoms with Gasteiger partial charge in [-0.1, -0.05) is 75.8 Å². The zero-order valence-corrected chi connectivity index (χ0v) is 22.1. The molecule has 35 heavy (non-hydrogen) atoms. The average Bonchev–Trinajstić information content (AvgIpc) is 3.18. The minimum absolute atomic E-state index is 0.218. The maximum Gasteiger partial charge on any atom is 0.132 e. The Balaban J connectivity index is 1.78. The topological polar surface area (TPSA) is 16.1 Å². The molecule has 184 valence electrons. The first kappa shape index (κ1) is 25.3. The van der Waals surface area contributed by atoms with Crippen LogP contribution in [-0.2, 0) is 0 Å². The van der Waals surface area contributed by atoms with Crippen molar-refractivity contribution in [2.45, 2.75) is 90.4 Å². The monoisotopic (exact) mass is 466 g/mol. The number of aryl methyl sites for hydroxylation is 1. The maximum atomic E-state index is 5.76. The number of terminal acetylenes is 1. The van der Waals surface area contributed by atoms with E-state index in [-0.39, 0.29) is 5.92 Å². The molecule has 1 aromatic carbocycles. The van der Waals surface area contributed by atoms with Crippen LogP contribution < -0.4 is 4.90 Å². The molecule has 1 saturated heterocycles. The van der Waals surface area contributed by atoms with Gasteiger partial charge in [-0.15, -0.1) is 6.42 Å².